The van der Waals surface area contributed by atoms with E-state index in [2.05, 4.69) is 10.1 Å². The monoisotopic (exact) mass is 300 g/mol. The highest BCUT2D eigenvalue weighted by Crippen LogP contribution is 2.25. The van der Waals surface area contributed by atoms with E-state index in [0.29, 0.717) is 16.4 Å². The molecule has 0 saturated heterocycles. The predicted octanol–water partition coefficient (Wildman–Crippen LogP) is 3.76. The Morgan fingerprint density at radius 1 is 1.10 bits per heavy atom. The highest BCUT2D eigenvalue weighted by atomic mass is 35.5. The zero-order valence-corrected chi connectivity index (χ0v) is 11.4. The van der Waals surface area contributed by atoms with E-state index in [1.54, 1.807) is 42.5 Å². The van der Waals surface area contributed by atoms with E-state index in [-0.39, 0.29) is 11.5 Å². The Balaban J connectivity index is 2.03. The van der Waals surface area contributed by atoms with E-state index in [0.717, 1.165) is 5.56 Å². The van der Waals surface area contributed by atoms with Crippen molar-refractivity contribution < 1.29 is 14.4 Å². The molecular formula is C15H9ClN2O3. The smallest absolute Gasteiger partial charge is 0.336 e. The lowest BCUT2D eigenvalue weighted by Crippen LogP contribution is -1.99. The summed E-state index contributed by atoms with van der Waals surface area (Å²) < 4.78 is 5.17. The SMILES string of the molecule is O=C(O)c1ccccc1-c1nc(-c2ccc(Cl)cc2)no1. The number of aromatic carboxylic acids is 1. The van der Waals surface area contributed by atoms with Gasteiger partial charge in [-0.2, -0.15) is 4.98 Å². The highest BCUT2D eigenvalue weighted by Gasteiger charge is 2.17. The Labute approximate surface area is 124 Å². The van der Waals surface area contributed by atoms with Crippen LogP contribution in [0, 0.1) is 0 Å². The van der Waals surface area contributed by atoms with Crippen LogP contribution in [0.4, 0.5) is 0 Å². The van der Waals surface area contributed by atoms with Crippen molar-refractivity contribution in [1.82, 2.24) is 10.1 Å². The molecule has 0 atom stereocenters. The van der Waals surface area contributed by atoms with Crippen molar-refractivity contribution in [1.29, 1.82) is 0 Å². The normalized spacial score (nSPS) is 10.5. The lowest BCUT2D eigenvalue weighted by Gasteiger charge is -1.99. The van der Waals surface area contributed by atoms with Crippen molar-refractivity contribution >= 4 is 17.6 Å². The molecule has 0 aliphatic carbocycles. The van der Waals surface area contributed by atoms with Gasteiger partial charge >= 0.3 is 5.97 Å². The van der Waals surface area contributed by atoms with Gasteiger partial charge in [0.15, 0.2) is 0 Å². The maximum absolute atomic E-state index is 11.2. The first kappa shape index (κ1) is 13.3. The Hall–Kier alpha value is -2.66. The molecule has 3 aromatic rings. The van der Waals surface area contributed by atoms with Gasteiger partial charge in [0.1, 0.15) is 0 Å². The fourth-order valence-corrected chi connectivity index (χ4v) is 2.03. The molecule has 0 fully saturated rings. The Morgan fingerprint density at radius 2 is 1.81 bits per heavy atom. The number of benzene rings is 2. The van der Waals surface area contributed by atoms with Gasteiger partial charge < -0.3 is 9.63 Å². The number of carboxylic acid groups (broad SMARTS) is 1. The molecule has 0 aliphatic heterocycles. The number of nitrogens with zero attached hydrogens (tertiary/aromatic N) is 2. The van der Waals surface area contributed by atoms with E-state index < -0.39 is 5.97 Å². The van der Waals surface area contributed by atoms with Crippen LogP contribution in [0.25, 0.3) is 22.8 Å². The van der Waals surface area contributed by atoms with Crippen molar-refractivity contribution in [3.8, 4) is 22.8 Å². The molecule has 5 nitrogen and oxygen atoms in total. The summed E-state index contributed by atoms with van der Waals surface area (Å²) in [7, 11) is 0. The third-order valence-electron chi connectivity index (χ3n) is 2.92. The maximum Gasteiger partial charge on any atom is 0.336 e. The number of aromatic nitrogens is 2. The summed E-state index contributed by atoms with van der Waals surface area (Å²) in [5, 5.41) is 13.7. The largest absolute Gasteiger partial charge is 0.478 e. The summed E-state index contributed by atoms with van der Waals surface area (Å²) in [4.78, 5) is 15.4. The number of carbonyl (C=O) groups is 1. The van der Waals surface area contributed by atoms with E-state index in [1.807, 2.05) is 0 Å². The van der Waals surface area contributed by atoms with Gasteiger partial charge in [-0.1, -0.05) is 28.9 Å². The highest BCUT2D eigenvalue weighted by molar-refractivity contribution is 6.30. The number of hydrogen-bond donors (Lipinski definition) is 1. The Bertz CT molecular complexity index is 797. The van der Waals surface area contributed by atoms with Crippen LogP contribution in [-0.4, -0.2) is 21.2 Å². The van der Waals surface area contributed by atoms with Gasteiger partial charge in [0, 0.05) is 10.6 Å². The third-order valence-corrected chi connectivity index (χ3v) is 3.17. The standard InChI is InChI=1S/C15H9ClN2O3/c16-10-7-5-9(6-8-10)13-17-14(21-18-13)11-3-1-2-4-12(11)15(19)20/h1-8H,(H,19,20). The van der Waals surface area contributed by atoms with E-state index in [4.69, 9.17) is 16.1 Å². The Kier molecular flexibility index (Phi) is 3.41. The van der Waals surface area contributed by atoms with E-state index in [1.165, 1.54) is 6.07 Å². The lowest BCUT2D eigenvalue weighted by molar-refractivity contribution is 0.0697. The van der Waals surface area contributed by atoms with Gasteiger partial charge in [0.2, 0.25) is 5.82 Å². The van der Waals surface area contributed by atoms with Gasteiger partial charge in [-0.25, -0.2) is 4.79 Å². The first-order valence-corrected chi connectivity index (χ1v) is 6.45. The first-order chi connectivity index (χ1) is 10.1. The second-order valence-electron chi connectivity index (χ2n) is 4.28. The molecule has 1 N–H and O–H groups in total. The van der Waals surface area contributed by atoms with Gasteiger partial charge in [-0.05, 0) is 36.4 Å². The molecule has 0 unspecified atom stereocenters. The maximum atomic E-state index is 11.2. The van der Waals surface area contributed by atoms with Crippen LogP contribution in [-0.2, 0) is 0 Å². The fraction of sp³-hybridized carbons (Fsp3) is 0. The summed E-state index contributed by atoms with van der Waals surface area (Å²) in [5.41, 5.74) is 1.24. The number of halogens is 1. The topological polar surface area (TPSA) is 76.2 Å². The number of rotatable bonds is 3. The number of carboxylic acids is 1. The zero-order valence-electron chi connectivity index (χ0n) is 10.7. The van der Waals surface area contributed by atoms with Crippen molar-refractivity contribution in [2.75, 3.05) is 0 Å². The minimum absolute atomic E-state index is 0.115. The van der Waals surface area contributed by atoms with Crippen LogP contribution in [0.1, 0.15) is 10.4 Å². The van der Waals surface area contributed by atoms with Crippen LogP contribution in [0.5, 0.6) is 0 Å². The molecule has 2 aromatic carbocycles. The van der Waals surface area contributed by atoms with Gasteiger partial charge in [-0.15, -0.1) is 0 Å². The van der Waals surface area contributed by atoms with Gasteiger partial charge in [0.25, 0.3) is 5.89 Å². The van der Waals surface area contributed by atoms with Crippen LogP contribution in [0.15, 0.2) is 53.1 Å². The summed E-state index contributed by atoms with van der Waals surface area (Å²) >= 11 is 5.83. The molecular weight excluding hydrogens is 292 g/mol. The Morgan fingerprint density at radius 3 is 2.52 bits per heavy atom. The molecule has 3 rings (SSSR count). The molecule has 104 valence electrons. The molecule has 0 amide bonds. The van der Waals surface area contributed by atoms with Crippen LogP contribution in [0.2, 0.25) is 5.02 Å². The average molecular weight is 301 g/mol. The quantitative estimate of drug-likeness (QED) is 0.797. The molecule has 1 heterocycles. The lowest BCUT2D eigenvalue weighted by atomic mass is 10.1. The molecule has 6 heteroatoms. The first-order valence-electron chi connectivity index (χ1n) is 6.07. The van der Waals surface area contributed by atoms with Crippen molar-refractivity contribution in [2.24, 2.45) is 0 Å². The average Bonchev–Trinajstić information content (AvgIpc) is 2.97. The molecule has 0 bridgehead atoms. The third kappa shape index (κ3) is 2.64. The van der Waals surface area contributed by atoms with Crippen molar-refractivity contribution in [2.45, 2.75) is 0 Å². The molecule has 0 spiro atoms. The second kappa shape index (κ2) is 5.38. The van der Waals surface area contributed by atoms with Crippen LogP contribution >= 0.6 is 11.6 Å². The molecule has 21 heavy (non-hydrogen) atoms. The summed E-state index contributed by atoms with van der Waals surface area (Å²) in [6, 6.07) is 13.4. The second-order valence-corrected chi connectivity index (χ2v) is 4.72. The van der Waals surface area contributed by atoms with Crippen LogP contribution < -0.4 is 0 Å². The molecule has 0 radical (unpaired) electrons. The number of hydrogen-bond acceptors (Lipinski definition) is 4. The molecule has 0 saturated carbocycles. The predicted molar refractivity (Wildman–Crippen MR) is 77.1 cm³/mol. The molecule has 1 aromatic heterocycles. The van der Waals surface area contributed by atoms with E-state index in [9.17, 15) is 9.90 Å². The van der Waals surface area contributed by atoms with Crippen LogP contribution in [0.3, 0.4) is 0 Å². The zero-order chi connectivity index (χ0) is 14.8. The summed E-state index contributed by atoms with van der Waals surface area (Å²) in [6.45, 7) is 0. The summed E-state index contributed by atoms with van der Waals surface area (Å²) in [6.07, 6.45) is 0. The molecule has 0 aliphatic rings. The van der Waals surface area contributed by atoms with Crippen molar-refractivity contribution in [3.05, 3.63) is 59.1 Å². The minimum atomic E-state index is -1.04. The van der Waals surface area contributed by atoms with E-state index >= 15 is 0 Å². The minimum Gasteiger partial charge on any atom is -0.478 e. The summed E-state index contributed by atoms with van der Waals surface area (Å²) in [5.74, 6) is -0.503. The van der Waals surface area contributed by atoms with Crippen molar-refractivity contribution in [3.63, 3.8) is 0 Å². The van der Waals surface area contributed by atoms with Gasteiger partial charge in [0.05, 0.1) is 11.1 Å². The fourth-order valence-electron chi connectivity index (χ4n) is 1.91. The van der Waals surface area contributed by atoms with Gasteiger partial charge in [-0.3, -0.25) is 0 Å².